The molecule has 0 fully saturated rings. The van der Waals surface area contributed by atoms with E-state index in [1.54, 1.807) is 11.2 Å². The topological polar surface area (TPSA) is 118 Å². The molecule has 0 bridgehead atoms. The van der Waals surface area contributed by atoms with Gasteiger partial charge in [0.1, 0.15) is 11.5 Å². The molecule has 2 aromatic carbocycles. The van der Waals surface area contributed by atoms with Crippen LogP contribution in [0.3, 0.4) is 0 Å². The first-order chi connectivity index (χ1) is 15.4. The third-order valence-electron chi connectivity index (χ3n) is 5.59. The fourth-order valence-electron chi connectivity index (χ4n) is 3.87. The van der Waals surface area contributed by atoms with Crippen LogP contribution >= 0.6 is 0 Å². The summed E-state index contributed by atoms with van der Waals surface area (Å²) >= 11 is 0. The summed E-state index contributed by atoms with van der Waals surface area (Å²) in [5, 5.41) is 1.84. The van der Waals surface area contributed by atoms with Gasteiger partial charge in [0.15, 0.2) is 12.1 Å². The summed E-state index contributed by atoms with van der Waals surface area (Å²) in [5.41, 5.74) is 15.1. The largest absolute Gasteiger partial charge is 0.382 e. The van der Waals surface area contributed by atoms with Crippen molar-refractivity contribution in [3.63, 3.8) is 0 Å². The van der Waals surface area contributed by atoms with E-state index in [4.69, 9.17) is 11.5 Å². The van der Waals surface area contributed by atoms with Crippen LogP contribution in [-0.2, 0) is 6.42 Å². The third-order valence-corrected chi connectivity index (χ3v) is 5.59. The number of pyridine rings is 1. The predicted octanol–water partition coefficient (Wildman–Crippen LogP) is 2.67. The second-order valence-electron chi connectivity index (χ2n) is 7.64. The summed E-state index contributed by atoms with van der Waals surface area (Å²) in [4.78, 5) is 25.6. The molecule has 0 spiro atoms. The van der Waals surface area contributed by atoms with Crippen LogP contribution in [-0.4, -0.2) is 33.7 Å². The number of aryl methyl sites for hydroxylation is 2. The summed E-state index contributed by atoms with van der Waals surface area (Å²) in [6.45, 7) is 4.07. The lowest BCUT2D eigenvalue weighted by Crippen LogP contribution is -2.43. The lowest BCUT2D eigenvalue weighted by Gasteiger charge is -2.26. The fraction of sp³-hybridized carbons (Fsp3) is 0.208. The van der Waals surface area contributed by atoms with E-state index >= 15 is 0 Å². The summed E-state index contributed by atoms with van der Waals surface area (Å²) < 4.78 is 1.83. The van der Waals surface area contributed by atoms with Crippen molar-refractivity contribution in [2.24, 2.45) is 16.5 Å². The molecule has 1 aliphatic heterocycles. The van der Waals surface area contributed by atoms with Crippen LogP contribution in [0.2, 0.25) is 0 Å². The van der Waals surface area contributed by atoms with Crippen molar-refractivity contribution in [2.45, 2.75) is 26.6 Å². The van der Waals surface area contributed by atoms with Gasteiger partial charge in [-0.1, -0.05) is 43.3 Å². The Balaban J connectivity index is 0.000000174. The minimum absolute atomic E-state index is 0.0728. The highest BCUT2D eigenvalue weighted by atomic mass is 16.1. The van der Waals surface area contributed by atoms with Gasteiger partial charge in [-0.05, 0) is 42.5 Å². The number of aromatic amines is 1. The molecule has 5 N–H and O–H groups in total. The van der Waals surface area contributed by atoms with Crippen molar-refractivity contribution in [1.82, 2.24) is 14.5 Å². The number of nitrogens with one attached hydrogen (secondary N) is 1. The first-order valence-electron chi connectivity index (χ1n) is 10.5. The highest BCUT2D eigenvalue weighted by Gasteiger charge is 2.23. The zero-order valence-electron chi connectivity index (χ0n) is 18.4. The number of fused-ring (bicyclic) bond motifs is 2. The van der Waals surface area contributed by atoms with Gasteiger partial charge in [-0.15, -0.1) is 0 Å². The molecule has 8 nitrogen and oxygen atoms in total. The van der Waals surface area contributed by atoms with Crippen molar-refractivity contribution in [3.8, 4) is 5.69 Å². The third kappa shape index (κ3) is 3.76. The molecule has 0 amide bonds. The molecule has 0 saturated heterocycles. The molecule has 2 aromatic heterocycles. The Morgan fingerprint density at radius 3 is 2.59 bits per heavy atom. The molecule has 4 aromatic rings. The van der Waals surface area contributed by atoms with Gasteiger partial charge in [-0.3, -0.25) is 15.1 Å². The number of aromatic nitrogens is 3. The normalized spacial score (nSPS) is 15.1. The molecule has 32 heavy (non-hydrogen) atoms. The molecule has 1 unspecified atom stereocenters. The van der Waals surface area contributed by atoms with Crippen LogP contribution in [0.15, 0.2) is 70.7 Å². The van der Waals surface area contributed by atoms with E-state index in [-0.39, 0.29) is 5.56 Å². The zero-order valence-corrected chi connectivity index (χ0v) is 18.4. The Labute approximate surface area is 186 Å². The second-order valence-corrected chi connectivity index (χ2v) is 7.64. The molecule has 0 saturated carbocycles. The molecule has 3 heterocycles. The first kappa shape index (κ1) is 21.3. The number of imidazole rings is 1. The standard InChI is InChI=1S/C18H17NO.C6H10N6/c1-3-15-12-14-9-7-8-13(2)17(14)18(20)19(15)16-10-5-4-6-11-16;1-12-5-3(9-2-10-5)4(7)11-6(12)8/h4-12H,3H2,1-2H3;2,6H,8H2,1H3,(H2,7,11)(H,9,10). The van der Waals surface area contributed by atoms with Gasteiger partial charge in [-0.2, -0.15) is 0 Å². The van der Waals surface area contributed by atoms with E-state index in [1.807, 2.05) is 67.1 Å². The van der Waals surface area contributed by atoms with Gasteiger partial charge < -0.3 is 15.6 Å². The Bertz CT molecular complexity index is 1340. The Hall–Kier alpha value is -3.91. The number of nitrogens with zero attached hydrogens (tertiary/aromatic N) is 4. The van der Waals surface area contributed by atoms with Crippen LogP contribution in [0, 0.1) is 6.92 Å². The summed E-state index contributed by atoms with van der Waals surface area (Å²) in [5.74, 6) is 1.16. The molecule has 5 rings (SSSR count). The maximum absolute atomic E-state index is 12.9. The van der Waals surface area contributed by atoms with Crippen molar-refractivity contribution in [3.05, 3.63) is 88.2 Å². The van der Waals surface area contributed by atoms with Crippen molar-refractivity contribution in [1.29, 1.82) is 0 Å². The number of anilines is 1. The van der Waals surface area contributed by atoms with Gasteiger partial charge in [0.2, 0.25) is 0 Å². The number of rotatable bonds is 2. The first-order valence-corrected chi connectivity index (χ1v) is 10.5. The summed E-state index contributed by atoms with van der Waals surface area (Å²) in [7, 11) is 1.82. The van der Waals surface area contributed by atoms with Crippen LogP contribution in [0.4, 0.5) is 5.82 Å². The zero-order chi connectivity index (χ0) is 22.8. The van der Waals surface area contributed by atoms with E-state index in [9.17, 15) is 4.79 Å². The van der Waals surface area contributed by atoms with Gasteiger partial charge in [0, 0.05) is 18.4 Å². The van der Waals surface area contributed by atoms with E-state index in [2.05, 4.69) is 28.0 Å². The average Bonchev–Trinajstić information content (AvgIpc) is 3.29. The molecule has 1 atom stereocenters. The quantitative estimate of drug-likeness (QED) is 0.453. The van der Waals surface area contributed by atoms with E-state index in [1.165, 1.54) is 0 Å². The maximum atomic E-state index is 12.9. The molecule has 164 valence electrons. The summed E-state index contributed by atoms with van der Waals surface area (Å²) in [6, 6.07) is 18.0. The van der Waals surface area contributed by atoms with Gasteiger partial charge in [-0.25, -0.2) is 9.98 Å². The van der Waals surface area contributed by atoms with E-state index < -0.39 is 6.29 Å². The van der Waals surface area contributed by atoms with Crippen LogP contribution in [0.5, 0.6) is 0 Å². The van der Waals surface area contributed by atoms with Crippen LogP contribution in [0.25, 0.3) is 16.5 Å². The smallest absolute Gasteiger partial charge is 0.263 e. The number of para-hydroxylation sites is 1. The predicted molar refractivity (Wildman–Crippen MR) is 129 cm³/mol. The Morgan fingerprint density at radius 1 is 1.12 bits per heavy atom. The molecule has 1 aliphatic rings. The number of H-pyrrole nitrogens is 1. The fourth-order valence-corrected chi connectivity index (χ4v) is 3.87. The maximum Gasteiger partial charge on any atom is 0.263 e. The van der Waals surface area contributed by atoms with Crippen molar-refractivity contribution < 1.29 is 0 Å². The molecule has 0 aliphatic carbocycles. The summed E-state index contributed by atoms with van der Waals surface area (Å²) in [6.07, 6.45) is 1.97. The highest BCUT2D eigenvalue weighted by molar-refractivity contribution is 6.01. The number of benzene rings is 2. The SMILES string of the molecule is CCc1cc2cccc(C)c2c(=O)n1-c1ccccc1.CN1c2nc[nH]c2C(N)=NC1N. The minimum Gasteiger partial charge on any atom is -0.382 e. The second kappa shape index (κ2) is 8.68. The van der Waals surface area contributed by atoms with Gasteiger partial charge in [0.05, 0.1) is 11.7 Å². The average molecular weight is 430 g/mol. The molecule has 8 heteroatoms. The number of nitrogens with two attached hydrogens (primary N) is 2. The number of hydrogen-bond acceptors (Lipinski definition) is 6. The Morgan fingerprint density at radius 2 is 1.88 bits per heavy atom. The minimum atomic E-state index is -0.430. The van der Waals surface area contributed by atoms with E-state index in [0.717, 1.165) is 45.6 Å². The Kier molecular flexibility index (Phi) is 5.79. The van der Waals surface area contributed by atoms with E-state index in [0.29, 0.717) is 5.84 Å². The van der Waals surface area contributed by atoms with Crippen LogP contribution < -0.4 is 21.9 Å². The molecule has 0 radical (unpaired) electrons. The number of aliphatic imine (C=N–C) groups is 1. The van der Waals surface area contributed by atoms with Gasteiger partial charge >= 0.3 is 0 Å². The van der Waals surface area contributed by atoms with Crippen LogP contribution in [0.1, 0.15) is 23.9 Å². The van der Waals surface area contributed by atoms with Crippen molar-refractivity contribution >= 4 is 22.4 Å². The lowest BCUT2D eigenvalue weighted by molar-refractivity contribution is 0.673. The molecular formula is C24H27N7O. The van der Waals surface area contributed by atoms with Crippen molar-refractivity contribution in [2.75, 3.05) is 11.9 Å². The number of amidine groups is 1. The highest BCUT2D eigenvalue weighted by Crippen LogP contribution is 2.20. The monoisotopic (exact) mass is 429 g/mol. The number of hydrogen-bond donors (Lipinski definition) is 3. The molecular weight excluding hydrogens is 402 g/mol. The van der Waals surface area contributed by atoms with Gasteiger partial charge in [0.25, 0.3) is 5.56 Å². The lowest BCUT2D eigenvalue weighted by atomic mass is 10.1.